The van der Waals surface area contributed by atoms with Crippen LogP contribution < -0.4 is 20.9 Å². The van der Waals surface area contributed by atoms with Gasteiger partial charge in [0.2, 0.25) is 0 Å². The summed E-state index contributed by atoms with van der Waals surface area (Å²) < 4.78 is 47.8. The fourth-order valence-corrected chi connectivity index (χ4v) is 6.25. The van der Waals surface area contributed by atoms with Crippen LogP contribution in [0, 0.1) is 27.7 Å². The van der Waals surface area contributed by atoms with E-state index in [1.165, 1.54) is 0 Å². The average molecular weight is 565 g/mol. The molecule has 0 radical (unpaired) electrons. The number of nitrogen functional groups attached to an aromatic ring is 2. The minimum Gasteiger partial charge on any atom is -0.398 e. The molecule has 12 heteroatoms. The second-order valence-corrected chi connectivity index (χ2v) is 11.1. The number of nitrogens with zero attached hydrogens (tertiary/aromatic N) is 2. The number of hydrogen-bond donors (Lipinski definition) is 6. The molecule has 1 aliphatic rings. The molecule has 39 heavy (non-hydrogen) atoms. The molecule has 8 N–H and O–H groups in total. The van der Waals surface area contributed by atoms with Crippen molar-refractivity contribution < 1.29 is 17.5 Å². The molecule has 0 fully saturated rings. The van der Waals surface area contributed by atoms with Crippen LogP contribution in [0.25, 0.3) is 11.3 Å². The van der Waals surface area contributed by atoms with Crippen molar-refractivity contribution in [1.82, 2.24) is 9.97 Å². The maximum Gasteiger partial charge on any atom is 0.259 e. The third kappa shape index (κ3) is 4.25. The van der Waals surface area contributed by atoms with Gasteiger partial charge in [-0.25, -0.2) is 8.42 Å². The molecule has 4 aromatic rings. The molecule has 10 nitrogen and oxygen atoms in total. The van der Waals surface area contributed by atoms with Crippen molar-refractivity contribution in [3.05, 3.63) is 93.4 Å². The van der Waals surface area contributed by atoms with Crippen LogP contribution in [0.2, 0.25) is 0 Å². The smallest absolute Gasteiger partial charge is 0.259 e. The van der Waals surface area contributed by atoms with E-state index in [1.54, 1.807) is 24.5 Å². The number of benzene rings is 3. The predicted octanol–water partition coefficient (Wildman–Crippen LogP) is 4.33. The van der Waals surface area contributed by atoms with E-state index >= 15 is 0 Å². The Morgan fingerprint density at radius 1 is 0.718 bits per heavy atom. The van der Waals surface area contributed by atoms with Crippen molar-refractivity contribution >= 4 is 45.3 Å². The largest absolute Gasteiger partial charge is 0.398 e. The maximum atomic E-state index is 11.9. The van der Waals surface area contributed by atoms with E-state index in [2.05, 4.69) is 14.4 Å². The molecule has 0 bridgehead atoms. The second kappa shape index (κ2) is 9.72. The van der Waals surface area contributed by atoms with Gasteiger partial charge in [-0.05, 0) is 78.8 Å². The molecule has 202 valence electrons. The van der Waals surface area contributed by atoms with E-state index in [0.29, 0.717) is 28.3 Å². The first-order chi connectivity index (χ1) is 18.4. The molecule has 1 heterocycles. The van der Waals surface area contributed by atoms with Gasteiger partial charge in [-0.2, -0.15) is 0 Å². The number of aryl methyl sites for hydroxylation is 4. The van der Waals surface area contributed by atoms with Crippen LogP contribution in [-0.4, -0.2) is 27.5 Å². The number of rotatable bonds is 6. The summed E-state index contributed by atoms with van der Waals surface area (Å²) >= 11 is -4.90. The Kier molecular flexibility index (Phi) is 6.67. The SMILES string of the molecule is Cc1cc(C2(c3cc(C)c(N)c(C)c3)c3cc(NS(=O)O)c(NS(=O)O)cc3-c3nccnc32)cc(C)c1N. The summed E-state index contributed by atoms with van der Waals surface area (Å²) in [4.78, 5) is 9.52. The molecule has 0 saturated carbocycles. The molecule has 0 spiro atoms. The second-order valence-electron chi connectivity index (χ2n) is 9.70. The van der Waals surface area contributed by atoms with E-state index in [0.717, 1.165) is 38.9 Å². The van der Waals surface area contributed by atoms with Crippen molar-refractivity contribution in [3.63, 3.8) is 0 Å². The molecule has 5 rings (SSSR count). The van der Waals surface area contributed by atoms with Gasteiger partial charge in [-0.15, -0.1) is 0 Å². The molecule has 2 atom stereocenters. The number of nitrogens with two attached hydrogens (primary N) is 2. The number of aromatic nitrogens is 2. The topological polar surface area (TPSA) is 176 Å². The van der Waals surface area contributed by atoms with Crippen LogP contribution in [0.15, 0.2) is 48.8 Å². The lowest BCUT2D eigenvalue weighted by molar-refractivity contribution is 0.568. The summed E-state index contributed by atoms with van der Waals surface area (Å²) in [5, 5.41) is 0. The highest BCUT2D eigenvalue weighted by atomic mass is 32.2. The Hall–Kier alpha value is -3.84. The Morgan fingerprint density at radius 2 is 1.15 bits per heavy atom. The van der Waals surface area contributed by atoms with Gasteiger partial charge in [0.1, 0.15) is 0 Å². The van der Waals surface area contributed by atoms with Crippen LogP contribution in [-0.2, 0) is 27.9 Å². The summed E-state index contributed by atoms with van der Waals surface area (Å²) in [6, 6.07) is 11.4. The number of fused-ring (bicyclic) bond motifs is 3. The molecule has 3 aromatic carbocycles. The first-order valence-electron chi connectivity index (χ1n) is 11.9. The third-order valence-corrected chi connectivity index (χ3v) is 8.11. The molecule has 1 aliphatic carbocycles. The van der Waals surface area contributed by atoms with E-state index in [1.807, 2.05) is 52.0 Å². The zero-order valence-electron chi connectivity index (χ0n) is 21.7. The monoisotopic (exact) mass is 564 g/mol. The van der Waals surface area contributed by atoms with Gasteiger partial charge in [-0.1, -0.05) is 24.3 Å². The first kappa shape index (κ1) is 26.8. The van der Waals surface area contributed by atoms with Crippen molar-refractivity contribution in [3.8, 4) is 11.3 Å². The van der Waals surface area contributed by atoms with Crippen LogP contribution in [0.5, 0.6) is 0 Å². The van der Waals surface area contributed by atoms with Crippen LogP contribution in [0.1, 0.15) is 44.6 Å². The molecular weight excluding hydrogens is 536 g/mol. The summed E-state index contributed by atoms with van der Waals surface area (Å²) in [6.07, 6.45) is 3.21. The first-order valence-corrected chi connectivity index (χ1v) is 14.2. The zero-order valence-corrected chi connectivity index (χ0v) is 23.3. The van der Waals surface area contributed by atoms with Gasteiger partial charge < -0.3 is 11.5 Å². The minimum atomic E-state index is -2.46. The standard InChI is InChI=1S/C27H28N6O4S2/c1-13-7-17(8-14(2)23(13)28)27(18-9-15(3)24(29)16(4)10-18)20-12-22(33-39(36)37)21(32-38(34)35)11-19(20)25-26(27)31-6-5-30-25/h5-12,32-33H,28-29H2,1-4H3,(H,34,35)(H,36,37). The van der Waals surface area contributed by atoms with Gasteiger partial charge >= 0.3 is 0 Å². The fraction of sp³-hybridized carbons (Fsp3) is 0.185. The van der Waals surface area contributed by atoms with E-state index in [-0.39, 0.29) is 11.4 Å². The number of nitrogens with one attached hydrogen (secondary N) is 2. The highest BCUT2D eigenvalue weighted by Gasteiger charge is 2.49. The van der Waals surface area contributed by atoms with Gasteiger partial charge in [0, 0.05) is 29.3 Å². The molecular formula is C27H28N6O4S2. The molecule has 0 aliphatic heterocycles. The Bertz CT molecular complexity index is 1600. The lowest BCUT2D eigenvalue weighted by Gasteiger charge is -2.34. The summed E-state index contributed by atoms with van der Waals surface area (Å²) in [7, 11) is 0. The summed E-state index contributed by atoms with van der Waals surface area (Å²) in [5.74, 6) is 0. The van der Waals surface area contributed by atoms with Crippen molar-refractivity contribution in [2.24, 2.45) is 0 Å². The summed E-state index contributed by atoms with van der Waals surface area (Å²) in [5.41, 5.74) is 21.2. The predicted molar refractivity (Wildman–Crippen MR) is 156 cm³/mol. The minimum absolute atomic E-state index is 0.152. The zero-order chi connectivity index (χ0) is 28.2. The number of hydrogen-bond acceptors (Lipinski definition) is 6. The lowest BCUT2D eigenvalue weighted by Crippen LogP contribution is -2.31. The van der Waals surface area contributed by atoms with Gasteiger partial charge in [0.05, 0.1) is 28.2 Å². The van der Waals surface area contributed by atoms with E-state index < -0.39 is 27.9 Å². The van der Waals surface area contributed by atoms with Crippen LogP contribution in [0.4, 0.5) is 22.7 Å². The molecule has 0 saturated heterocycles. The molecule has 1 aromatic heterocycles. The quantitative estimate of drug-likeness (QED) is 0.130. The van der Waals surface area contributed by atoms with Gasteiger partial charge in [-0.3, -0.25) is 28.5 Å². The Labute approximate surface area is 231 Å². The third-order valence-electron chi connectivity index (χ3n) is 7.32. The fourth-order valence-electron chi connectivity index (χ4n) is 5.53. The molecule has 0 amide bonds. The van der Waals surface area contributed by atoms with Crippen molar-refractivity contribution in [1.29, 1.82) is 0 Å². The lowest BCUT2D eigenvalue weighted by atomic mass is 9.68. The van der Waals surface area contributed by atoms with Crippen molar-refractivity contribution in [2.75, 3.05) is 20.9 Å². The highest BCUT2D eigenvalue weighted by Crippen LogP contribution is 2.57. The van der Waals surface area contributed by atoms with Crippen LogP contribution in [0.3, 0.4) is 0 Å². The van der Waals surface area contributed by atoms with Crippen LogP contribution >= 0.6 is 0 Å². The molecule has 2 unspecified atom stereocenters. The van der Waals surface area contributed by atoms with E-state index in [4.69, 9.17) is 16.5 Å². The normalized spacial score (nSPS) is 14.8. The maximum absolute atomic E-state index is 11.9. The van der Waals surface area contributed by atoms with Gasteiger partial charge in [0.25, 0.3) is 22.5 Å². The highest BCUT2D eigenvalue weighted by molar-refractivity contribution is 7.81. The Balaban J connectivity index is 1.99. The van der Waals surface area contributed by atoms with Crippen molar-refractivity contribution in [2.45, 2.75) is 33.1 Å². The average Bonchev–Trinajstić information content (AvgIpc) is 3.15. The number of anilines is 4. The Morgan fingerprint density at radius 3 is 1.62 bits per heavy atom. The summed E-state index contributed by atoms with van der Waals surface area (Å²) in [6.45, 7) is 7.77. The van der Waals surface area contributed by atoms with E-state index in [9.17, 15) is 17.5 Å². The van der Waals surface area contributed by atoms with Gasteiger partial charge in [0.15, 0.2) is 0 Å².